The predicted molar refractivity (Wildman–Crippen MR) is 175 cm³/mol. The number of carbonyl (C=O) groups excluding carboxylic acids is 3. The quantitative estimate of drug-likeness (QED) is 0.302. The first-order valence-electron chi connectivity index (χ1n) is 15.7. The molecule has 0 aromatic heterocycles. The van der Waals surface area contributed by atoms with Crippen molar-refractivity contribution < 1.29 is 24.2 Å². The number of piperidine rings is 1. The smallest absolute Gasteiger partial charge is 0.242 e. The number of nitrogens with zero attached hydrogens (tertiary/aromatic N) is 1. The highest BCUT2D eigenvalue weighted by Gasteiger charge is 2.37. The fraction of sp³-hybridized carbons (Fsp3) is 0.559. The van der Waals surface area contributed by atoms with Gasteiger partial charge in [0.05, 0.1) is 6.61 Å². The lowest BCUT2D eigenvalue weighted by Crippen LogP contribution is -2.60. The lowest BCUT2D eigenvalue weighted by Gasteiger charge is -2.36. The number of hydrogen-bond acceptors (Lipinski definition) is 7. The molecule has 240 valence electrons. The number of aliphatic hydroxyl groups is 1. The molecule has 0 spiro atoms. The molecule has 2 aliphatic heterocycles. The topological polar surface area (TPSA) is 120 Å². The summed E-state index contributed by atoms with van der Waals surface area (Å²) in [6.07, 6.45) is 3.63. The van der Waals surface area contributed by atoms with Crippen molar-refractivity contribution >= 4 is 30.4 Å². The first kappa shape index (κ1) is 33.8. The minimum Gasteiger partial charge on any atom is -0.494 e. The highest BCUT2D eigenvalue weighted by molar-refractivity contribution is 7.82. The van der Waals surface area contributed by atoms with E-state index in [1.54, 1.807) is 4.90 Å². The number of benzene rings is 2. The first-order chi connectivity index (χ1) is 21.1. The van der Waals surface area contributed by atoms with Crippen LogP contribution in [0.2, 0.25) is 0 Å². The van der Waals surface area contributed by atoms with Gasteiger partial charge in [-0.2, -0.15) is 12.6 Å². The van der Waals surface area contributed by atoms with Crippen molar-refractivity contribution in [3.8, 4) is 5.75 Å². The maximum absolute atomic E-state index is 14.0. The number of carbonyl (C=O) groups is 3. The highest BCUT2D eigenvalue weighted by Crippen LogP contribution is 2.24. The van der Waals surface area contributed by atoms with E-state index < -0.39 is 28.7 Å². The molecule has 0 aliphatic carbocycles. The molecule has 4 N–H and O–H groups in total. The Labute approximate surface area is 266 Å². The van der Waals surface area contributed by atoms with E-state index in [4.69, 9.17) is 17.4 Å². The van der Waals surface area contributed by atoms with Crippen LogP contribution in [0, 0.1) is 18.3 Å². The number of nitrogens with one attached hydrogen (secondary N) is 3. The van der Waals surface area contributed by atoms with Gasteiger partial charge < -0.3 is 30.7 Å². The van der Waals surface area contributed by atoms with E-state index in [-0.39, 0.29) is 37.4 Å². The van der Waals surface area contributed by atoms with Crippen molar-refractivity contribution in [3.63, 3.8) is 0 Å². The average Bonchev–Trinajstić information content (AvgIpc) is 3.02. The van der Waals surface area contributed by atoms with Crippen molar-refractivity contribution in [3.05, 3.63) is 65.2 Å². The first-order valence-corrected chi connectivity index (χ1v) is 16.2. The van der Waals surface area contributed by atoms with Crippen LogP contribution < -0.4 is 20.7 Å². The van der Waals surface area contributed by atoms with Gasteiger partial charge in [0.15, 0.2) is 0 Å². The van der Waals surface area contributed by atoms with E-state index in [0.717, 1.165) is 41.7 Å². The third-order valence-corrected chi connectivity index (χ3v) is 9.20. The van der Waals surface area contributed by atoms with Gasteiger partial charge in [-0.15, -0.1) is 0 Å². The number of amides is 3. The van der Waals surface area contributed by atoms with Crippen LogP contribution >= 0.6 is 12.6 Å². The summed E-state index contributed by atoms with van der Waals surface area (Å²) in [6.45, 7) is 7.92. The van der Waals surface area contributed by atoms with Crippen molar-refractivity contribution in [2.75, 3.05) is 32.8 Å². The molecule has 0 saturated carbocycles. The lowest BCUT2D eigenvalue weighted by atomic mass is 9.93. The summed E-state index contributed by atoms with van der Waals surface area (Å²) in [7, 11) is 0. The van der Waals surface area contributed by atoms with E-state index in [1.165, 1.54) is 0 Å². The molecular weight excluding hydrogens is 576 g/mol. The largest absolute Gasteiger partial charge is 0.494 e. The summed E-state index contributed by atoms with van der Waals surface area (Å²) in [6, 6.07) is 13.8. The molecular formula is C34H48N4O5S. The van der Waals surface area contributed by atoms with Crippen molar-refractivity contribution in [2.45, 2.75) is 76.8 Å². The van der Waals surface area contributed by atoms with Crippen LogP contribution in [0.25, 0.3) is 0 Å². The lowest BCUT2D eigenvalue weighted by molar-refractivity contribution is -0.136. The van der Waals surface area contributed by atoms with Gasteiger partial charge >= 0.3 is 0 Å². The molecule has 9 nitrogen and oxygen atoms in total. The van der Waals surface area contributed by atoms with E-state index in [9.17, 15) is 19.5 Å². The van der Waals surface area contributed by atoms with Gasteiger partial charge in [-0.3, -0.25) is 14.4 Å². The van der Waals surface area contributed by atoms with E-state index in [0.29, 0.717) is 32.5 Å². The van der Waals surface area contributed by atoms with Crippen LogP contribution in [-0.2, 0) is 27.3 Å². The second-order valence-electron chi connectivity index (χ2n) is 12.9. The SMILES string of the molecule is Cc1ccc2cc1CNC(=O)[C@H](CCc1ccccc1)NC(=O)[C@@H](NCC(C)(C)CO)C(S)C(=O)N1CCCC(CCO2)C1. The molecule has 4 atom stereocenters. The van der Waals surface area contributed by atoms with Gasteiger partial charge in [0, 0.05) is 38.2 Å². The van der Waals surface area contributed by atoms with Crippen LogP contribution in [0.15, 0.2) is 48.5 Å². The molecule has 44 heavy (non-hydrogen) atoms. The Hall–Kier alpha value is -3.08. The van der Waals surface area contributed by atoms with Crippen LogP contribution in [0.4, 0.5) is 0 Å². The number of thiol groups is 1. The third-order valence-electron chi connectivity index (χ3n) is 8.68. The number of aryl methyl sites for hydroxylation is 2. The normalized spacial score (nSPS) is 24.0. The third kappa shape index (κ3) is 9.46. The van der Waals surface area contributed by atoms with Gasteiger partial charge in [-0.1, -0.05) is 50.2 Å². The summed E-state index contributed by atoms with van der Waals surface area (Å²) in [5.41, 5.74) is 2.50. The summed E-state index contributed by atoms with van der Waals surface area (Å²) in [5.74, 6) is 0.0297. The summed E-state index contributed by atoms with van der Waals surface area (Å²) >= 11 is 4.71. The van der Waals surface area contributed by atoms with E-state index in [1.807, 2.05) is 69.3 Å². The predicted octanol–water partition coefficient (Wildman–Crippen LogP) is 3.03. The van der Waals surface area contributed by atoms with Crippen LogP contribution in [0.5, 0.6) is 5.75 Å². The number of ether oxygens (including phenoxy) is 1. The van der Waals surface area contributed by atoms with Crippen LogP contribution in [0.3, 0.4) is 0 Å². The molecule has 10 heteroatoms. The molecule has 3 amide bonds. The number of hydrogen-bond donors (Lipinski definition) is 5. The monoisotopic (exact) mass is 624 g/mol. The van der Waals surface area contributed by atoms with Crippen molar-refractivity contribution in [1.82, 2.24) is 20.9 Å². The Morgan fingerprint density at radius 2 is 1.86 bits per heavy atom. The zero-order valence-electron chi connectivity index (χ0n) is 26.2. The molecule has 2 aromatic carbocycles. The molecule has 2 aromatic rings. The van der Waals surface area contributed by atoms with Crippen LogP contribution in [-0.4, -0.2) is 77.9 Å². The Balaban J connectivity index is 1.63. The molecule has 1 saturated heterocycles. The van der Waals surface area contributed by atoms with Gasteiger partial charge in [0.25, 0.3) is 0 Å². The zero-order valence-corrected chi connectivity index (χ0v) is 27.1. The van der Waals surface area contributed by atoms with Gasteiger partial charge in [-0.25, -0.2) is 0 Å². The summed E-state index contributed by atoms with van der Waals surface area (Å²) < 4.78 is 6.11. The van der Waals surface area contributed by atoms with E-state index in [2.05, 4.69) is 16.0 Å². The maximum Gasteiger partial charge on any atom is 0.242 e. The molecule has 0 radical (unpaired) electrons. The standard InChI is InChI=1S/C34H48N4O5S/c1-23-11-13-27-18-26(23)19-35-31(40)28(14-12-24-8-5-4-6-9-24)37-32(41)29(36-21-34(2,3)22-39)30(44)33(42)38-16-7-10-25(20-38)15-17-43-27/h4-6,8-9,11,13,18,25,28-30,36,39,44H,7,10,12,14-17,19-22H2,1-3H3,(H,35,40)(H,37,41)/t25?,28-,29-,30?/m0/s1. The average molecular weight is 625 g/mol. The number of rotatable bonds is 7. The van der Waals surface area contributed by atoms with Crippen LogP contribution in [0.1, 0.15) is 56.2 Å². The Kier molecular flexibility index (Phi) is 12.1. The Morgan fingerprint density at radius 3 is 2.61 bits per heavy atom. The molecule has 2 heterocycles. The van der Waals surface area contributed by atoms with Crippen molar-refractivity contribution in [2.24, 2.45) is 11.3 Å². The van der Waals surface area contributed by atoms with Gasteiger partial charge in [0.2, 0.25) is 17.7 Å². The summed E-state index contributed by atoms with van der Waals surface area (Å²) in [4.78, 5) is 43.2. The molecule has 2 aliphatic rings. The molecule has 2 unspecified atom stereocenters. The summed E-state index contributed by atoms with van der Waals surface area (Å²) in [5, 5.41) is 18.1. The second-order valence-corrected chi connectivity index (χ2v) is 13.5. The van der Waals surface area contributed by atoms with Crippen molar-refractivity contribution in [1.29, 1.82) is 0 Å². The van der Waals surface area contributed by atoms with E-state index >= 15 is 0 Å². The molecule has 4 bridgehead atoms. The zero-order chi connectivity index (χ0) is 31.7. The fourth-order valence-corrected chi connectivity index (χ4v) is 6.09. The maximum atomic E-state index is 14.0. The Morgan fingerprint density at radius 1 is 1.09 bits per heavy atom. The minimum atomic E-state index is -1.01. The number of aliphatic hydroxyl groups excluding tert-OH is 1. The highest BCUT2D eigenvalue weighted by atomic mass is 32.1. The number of fused-ring (bicyclic) bond motifs is 4. The van der Waals surface area contributed by atoms with Gasteiger partial charge in [0.1, 0.15) is 23.1 Å². The minimum absolute atomic E-state index is 0.0991. The molecule has 1 fully saturated rings. The fourth-order valence-electron chi connectivity index (χ4n) is 5.68. The molecule has 4 rings (SSSR count). The Bertz CT molecular complexity index is 1270. The van der Waals surface area contributed by atoms with Gasteiger partial charge in [-0.05, 0) is 73.8 Å². The second kappa shape index (κ2) is 15.8.